The van der Waals surface area contributed by atoms with Gasteiger partial charge in [-0.05, 0) is 35.7 Å². The van der Waals surface area contributed by atoms with Crippen LogP contribution < -0.4 is 0 Å². The molecule has 0 radical (unpaired) electrons. The SMILES string of the molecule is CC(C)CSCC1(CBr)CCOCC1. The Morgan fingerprint density at radius 3 is 2.50 bits per heavy atom. The van der Waals surface area contributed by atoms with E-state index in [1.54, 1.807) is 0 Å². The molecule has 14 heavy (non-hydrogen) atoms. The lowest BCUT2D eigenvalue weighted by Crippen LogP contribution is -2.33. The van der Waals surface area contributed by atoms with E-state index in [1.165, 1.54) is 24.3 Å². The van der Waals surface area contributed by atoms with Crippen LogP contribution in [0.25, 0.3) is 0 Å². The Bertz CT molecular complexity index is 155. The summed E-state index contributed by atoms with van der Waals surface area (Å²) < 4.78 is 5.42. The number of ether oxygens (including phenoxy) is 1. The second-order valence-electron chi connectivity index (χ2n) is 4.65. The summed E-state index contributed by atoms with van der Waals surface area (Å²) in [6.45, 7) is 6.48. The maximum absolute atomic E-state index is 5.42. The van der Waals surface area contributed by atoms with Crippen molar-refractivity contribution in [1.82, 2.24) is 0 Å². The molecule has 1 aliphatic rings. The van der Waals surface area contributed by atoms with Gasteiger partial charge >= 0.3 is 0 Å². The van der Waals surface area contributed by atoms with Crippen molar-refractivity contribution in [3.05, 3.63) is 0 Å². The summed E-state index contributed by atoms with van der Waals surface area (Å²) in [6, 6.07) is 0. The Morgan fingerprint density at radius 1 is 1.36 bits per heavy atom. The molecule has 0 unspecified atom stereocenters. The summed E-state index contributed by atoms with van der Waals surface area (Å²) >= 11 is 5.77. The molecule has 0 aromatic rings. The topological polar surface area (TPSA) is 9.23 Å². The second-order valence-corrected chi connectivity index (χ2v) is 6.25. The lowest BCUT2D eigenvalue weighted by Gasteiger charge is -2.35. The van der Waals surface area contributed by atoms with Gasteiger partial charge in [-0.1, -0.05) is 29.8 Å². The third-order valence-corrected chi connectivity index (χ3v) is 5.60. The molecule has 0 amide bonds. The van der Waals surface area contributed by atoms with Gasteiger partial charge in [0.2, 0.25) is 0 Å². The number of thioether (sulfide) groups is 1. The summed E-state index contributed by atoms with van der Waals surface area (Å²) in [5, 5.41) is 1.13. The van der Waals surface area contributed by atoms with Crippen LogP contribution in [0.3, 0.4) is 0 Å². The summed E-state index contributed by atoms with van der Waals surface area (Å²) in [5.74, 6) is 3.39. The lowest BCUT2D eigenvalue weighted by atomic mass is 9.85. The third kappa shape index (κ3) is 4.11. The van der Waals surface area contributed by atoms with E-state index in [4.69, 9.17) is 4.74 Å². The first-order valence-electron chi connectivity index (χ1n) is 5.40. The molecule has 0 spiro atoms. The van der Waals surface area contributed by atoms with Crippen molar-refractivity contribution in [2.75, 3.05) is 30.0 Å². The van der Waals surface area contributed by atoms with Crippen molar-refractivity contribution in [2.45, 2.75) is 26.7 Å². The number of alkyl halides is 1. The Morgan fingerprint density at radius 2 is 2.00 bits per heavy atom. The highest BCUT2D eigenvalue weighted by Crippen LogP contribution is 2.36. The first-order chi connectivity index (χ1) is 6.68. The predicted molar refractivity (Wildman–Crippen MR) is 68.4 cm³/mol. The number of hydrogen-bond donors (Lipinski definition) is 0. The Kier molecular flexibility index (Phi) is 5.87. The van der Waals surface area contributed by atoms with Crippen LogP contribution in [0.5, 0.6) is 0 Å². The highest BCUT2D eigenvalue weighted by molar-refractivity contribution is 9.09. The van der Waals surface area contributed by atoms with E-state index in [1.807, 2.05) is 0 Å². The summed E-state index contributed by atoms with van der Waals surface area (Å²) in [4.78, 5) is 0. The van der Waals surface area contributed by atoms with Gasteiger partial charge < -0.3 is 4.74 Å². The van der Waals surface area contributed by atoms with Gasteiger partial charge in [0.05, 0.1) is 0 Å². The average Bonchev–Trinajstić information content (AvgIpc) is 2.19. The van der Waals surface area contributed by atoms with Gasteiger partial charge in [0.1, 0.15) is 0 Å². The normalized spacial score (nSPS) is 21.4. The van der Waals surface area contributed by atoms with E-state index in [0.29, 0.717) is 5.41 Å². The minimum absolute atomic E-state index is 0.512. The molecule has 1 nitrogen and oxygen atoms in total. The molecule has 0 saturated carbocycles. The molecule has 0 bridgehead atoms. The van der Waals surface area contributed by atoms with Crippen molar-refractivity contribution in [3.63, 3.8) is 0 Å². The quantitative estimate of drug-likeness (QED) is 0.712. The Balaban J connectivity index is 2.29. The van der Waals surface area contributed by atoms with Gasteiger partial charge in [-0.2, -0.15) is 11.8 Å². The zero-order valence-corrected chi connectivity index (χ0v) is 11.6. The smallest absolute Gasteiger partial charge is 0.0471 e. The fourth-order valence-electron chi connectivity index (χ4n) is 1.63. The van der Waals surface area contributed by atoms with Crippen LogP contribution in [-0.4, -0.2) is 30.0 Å². The fourth-order valence-corrected chi connectivity index (χ4v) is 4.07. The molecule has 1 aliphatic heterocycles. The molecule has 0 atom stereocenters. The molecule has 0 aliphatic carbocycles. The van der Waals surface area contributed by atoms with Crippen LogP contribution >= 0.6 is 27.7 Å². The van der Waals surface area contributed by atoms with Crippen molar-refractivity contribution >= 4 is 27.7 Å². The van der Waals surface area contributed by atoms with E-state index in [0.717, 1.165) is 24.5 Å². The van der Waals surface area contributed by atoms with Crippen LogP contribution in [0.2, 0.25) is 0 Å². The molecule has 0 aromatic carbocycles. The van der Waals surface area contributed by atoms with Gasteiger partial charge in [0.25, 0.3) is 0 Å². The van der Waals surface area contributed by atoms with Crippen molar-refractivity contribution in [1.29, 1.82) is 0 Å². The molecule has 1 heterocycles. The van der Waals surface area contributed by atoms with E-state index < -0.39 is 0 Å². The standard InChI is InChI=1S/C11H21BrOS/c1-10(2)7-14-9-11(8-12)3-5-13-6-4-11/h10H,3-9H2,1-2H3. The third-order valence-electron chi connectivity index (χ3n) is 2.70. The Hall–Kier alpha value is 0.790. The second kappa shape index (κ2) is 6.39. The van der Waals surface area contributed by atoms with E-state index in [2.05, 4.69) is 41.5 Å². The summed E-state index contributed by atoms with van der Waals surface area (Å²) in [5.41, 5.74) is 0.512. The predicted octanol–water partition coefficient (Wildman–Crippen LogP) is 3.57. The molecule has 3 heteroatoms. The first-order valence-corrected chi connectivity index (χ1v) is 7.68. The van der Waals surface area contributed by atoms with Gasteiger partial charge in [0.15, 0.2) is 0 Å². The minimum atomic E-state index is 0.512. The maximum atomic E-state index is 5.42. The average molecular weight is 281 g/mol. The zero-order valence-electron chi connectivity index (χ0n) is 9.22. The fraction of sp³-hybridized carbons (Fsp3) is 1.00. The summed E-state index contributed by atoms with van der Waals surface area (Å²) in [7, 11) is 0. The maximum Gasteiger partial charge on any atom is 0.0471 e. The van der Waals surface area contributed by atoms with Crippen LogP contribution in [0.1, 0.15) is 26.7 Å². The zero-order chi connectivity index (χ0) is 10.4. The van der Waals surface area contributed by atoms with E-state index in [9.17, 15) is 0 Å². The minimum Gasteiger partial charge on any atom is -0.381 e. The van der Waals surface area contributed by atoms with Crippen LogP contribution in [0, 0.1) is 11.3 Å². The number of hydrogen-bond acceptors (Lipinski definition) is 2. The largest absolute Gasteiger partial charge is 0.381 e. The van der Waals surface area contributed by atoms with E-state index >= 15 is 0 Å². The van der Waals surface area contributed by atoms with E-state index in [-0.39, 0.29) is 0 Å². The number of halogens is 1. The molecule has 1 rings (SSSR count). The monoisotopic (exact) mass is 280 g/mol. The molecule has 84 valence electrons. The van der Waals surface area contributed by atoms with Gasteiger partial charge in [-0.15, -0.1) is 0 Å². The first kappa shape index (κ1) is 12.9. The van der Waals surface area contributed by atoms with Crippen LogP contribution in [0.4, 0.5) is 0 Å². The van der Waals surface area contributed by atoms with Gasteiger partial charge in [-0.3, -0.25) is 0 Å². The van der Waals surface area contributed by atoms with Crippen LogP contribution in [0.15, 0.2) is 0 Å². The number of rotatable bonds is 5. The molecule has 0 N–H and O–H groups in total. The van der Waals surface area contributed by atoms with Crippen molar-refractivity contribution in [3.8, 4) is 0 Å². The lowest BCUT2D eigenvalue weighted by molar-refractivity contribution is 0.0374. The highest BCUT2D eigenvalue weighted by Gasteiger charge is 2.31. The Labute approximate surface area is 100 Å². The van der Waals surface area contributed by atoms with Gasteiger partial charge in [0, 0.05) is 18.5 Å². The molecule has 1 saturated heterocycles. The molecule has 1 fully saturated rings. The highest BCUT2D eigenvalue weighted by atomic mass is 79.9. The van der Waals surface area contributed by atoms with Crippen molar-refractivity contribution in [2.24, 2.45) is 11.3 Å². The summed E-state index contributed by atoms with van der Waals surface area (Å²) in [6.07, 6.45) is 2.45. The molecular weight excluding hydrogens is 260 g/mol. The molecular formula is C11H21BrOS. The van der Waals surface area contributed by atoms with Crippen LogP contribution in [-0.2, 0) is 4.74 Å². The van der Waals surface area contributed by atoms with Gasteiger partial charge in [-0.25, -0.2) is 0 Å². The van der Waals surface area contributed by atoms with Crippen molar-refractivity contribution < 1.29 is 4.74 Å². The molecule has 0 aromatic heterocycles.